The van der Waals surface area contributed by atoms with Gasteiger partial charge in [0.25, 0.3) is 0 Å². The highest BCUT2D eigenvalue weighted by molar-refractivity contribution is 14.1. The summed E-state index contributed by atoms with van der Waals surface area (Å²) in [4.78, 5) is 0. The van der Waals surface area contributed by atoms with E-state index in [0.717, 1.165) is 12.3 Å². The number of benzene rings is 1. The minimum atomic E-state index is 0.602. The molecule has 0 spiro atoms. The quantitative estimate of drug-likeness (QED) is 0.820. The van der Waals surface area contributed by atoms with Crippen LogP contribution < -0.4 is 5.32 Å². The fourth-order valence-corrected chi connectivity index (χ4v) is 2.14. The fraction of sp³-hybridized carbons (Fsp3) is 0.538. The highest BCUT2D eigenvalue weighted by Gasteiger charge is 2.08. The molecule has 1 unspecified atom stereocenters. The van der Waals surface area contributed by atoms with Gasteiger partial charge in [0, 0.05) is 9.61 Å². The maximum atomic E-state index is 3.39. The molecule has 0 aromatic heterocycles. The van der Waals surface area contributed by atoms with Crippen LogP contribution in [-0.2, 0) is 6.42 Å². The van der Waals surface area contributed by atoms with E-state index in [4.69, 9.17) is 0 Å². The molecule has 0 aliphatic rings. The molecule has 0 bridgehead atoms. The average Bonchev–Trinajstić information content (AvgIpc) is 2.19. The van der Waals surface area contributed by atoms with Gasteiger partial charge in [-0.25, -0.2) is 0 Å². The van der Waals surface area contributed by atoms with E-state index in [-0.39, 0.29) is 0 Å². The second-order valence-corrected chi connectivity index (χ2v) is 5.69. The molecule has 1 N–H and O–H groups in total. The van der Waals surface area contributed by atoms with E-state index in [1.807, 2.05) is 0 Å². The Kier molecular flexibility index (Phi) is 5.61. The lowest BCUT2D eigenvalue weighted by Gasteiger charge is -2.18. The van der Waals surface area contributed by atoms with Crippen molar-refractivity contribution >= 4 is 22.6 Å². The van der Waals surface area contributed by atoms with Crippen molar-refractivity contribution in [3.05, 3.63) is 33.4 Å². The third-order valence-corrected chi connectivity index (χ3v) is 3.28. The van der Waals surface area contributed by atoms with Crippen LogP contribution in [0.1, 0.15) is 25.8 Å². The molecule has 1 rings (SSSR count). The number of likely N-dealkylation sites (N-methyl/N-ethyl adjacent to an activating group) is 1. The molecule has 0 radical (unpaired) electrons. The van der Waals surface area contributed by atoms with Gasteiger partial charge >= 0.3 is 0 Å². The summed E-state index contributed by atoms with van der Waals surface area (Å²) in [7, 11) is 2.06. The molecule has 0 aliphatic heterocycles. The molecule has 84 valence electrons. The van der Waals surface area contributed by atoms with Crippen LogP contribution in [0.4, 0.5) is 0 Å². The Morgan fingerprint density at radius 3 is 2.27 bits per heavy atom. The Morgan fingerprint density at radius 2 is 1.80 bits per heavy atom. The number of halogens is 1. The van der Waals surface area contributed by atoms with Crippen LogP contribution in [0.2, 0.25) is 0 Å². The lowest BCUT2D eigenvalue weighted by molar-refractivity contribution is 0.441. The molecule has 0 heterocycles. The van der Waals surface area contributed by atoms with E-state index in [0.29, 0.717) is 6.04 Å². The Labute approximate surface area is 107 Å². The lowest BCUT2D eigenvalue weighted by Crippen LogP contribution is -2.29. The fourth-order valence-electron chi connectivity index (χ4n) is 1.78. The van der Waals surface area contributed by atoms with Crippen LogP contribution in [0.15, 0.2) is 24.3 Å². The number of hydrogen-bond donors (Lipinski definition) is 1. The monoisotopic (exact) mass is 317 g/mol. The predicted octanol–water partition coefficient (Wildman–Crippen LogP) is 3.47. The van der Waals surface area contributed by atoms with Crippen molar-refractivity contribution in [3.8, 4) is 0 Å². The summed E-state index contributed by atoms with van der Waals surface area (Å²) in [6.07, 6.45) is 2.37. The Morgan fingerprint density at radius 1 is 1.20 bits per heavy atom. The van der Waals surface area contributed by atoms with Crippen LogP contribution >= 0.6 is 22.6 Å². The molecule has 15 heavy (non-hydrogen) atoms. The highest BCUT2D eigenvalue weighted by atomic mass is 127. The first-order chi connectivity index (χ1) is 7.11. The van der Waals surface area contributed by atoms with Crippen molar-refractivity contribution in [3.63, 3.8) is 0 Å². The van der Waals surface area contributed by atoms with Crippen molar-refractivity contribution < 1.29 is 0 Å². The van der Waals surface area contributed by atoms with Gasteiger partial charge in [0.05, 0.1) is 0 Å². The van der Waals surface area contributed by atoms with E-state index in [1.54, 1.807) is 0 Å². The van der Waals surface area contributed by atoms with E-state index in [1.165, 1.54) is 15.6 Å². The van der Waals surface area contributed by atoms with Crippen LogP contribution in [0.25, 0.3) is 0 Å². The zero-order valence-corrected chi connectivity index (χ0v) is 11.9. The third-order valence-electron chi connectivity index (χ3n) is 2.56. The van der Waals surface area contributed by atoms with E-state index < -0.39 is 0 Å². The number of nitrogens with one attached hydrogen (secondary N) is 1. The first-order valence-corrected chi connectivity index (χ1v) is 6.61. The van der Waals surface area contributed by atoms with Gasteiger partial charge in [-0.05, 0) is 66.1 Å². The predicted molar refractivity (Wildman–Crippen MR) is 75.2 cm³/mol. The molecule has 1 aromatic carbocycles. The molecule has 0 saturated heterocycles. The molecule has 2 heteroatoms. The second-order valence-electron chi connectivity index (χ2n) is 4.45. The largest absolute Gasteiger partial charge is 0.317 e. The molecule has 1 nitrogen and oxygen atoms in total. The molecule has 1 aromatic rings. The van der Waals surface area contributed by atoms with E-state index in [9.17, 15) is 0 Å². The molecular formula is C13H20IN. The third kappa shape index (κ3) is 4.98. The van der Waals surface area contributed by atoms with Gasteiger partial charge in [-0.15, -0.1) is 0 Å². The summed E-state index contributed by atoms with van der Waals surface area (Å²) in [5, 5.41) is 3.39. The maximum absolute atomic E-state index is 3.39. The summed E-state index contributed by atoms with van der Waals surface area (Å²) < 4.78 is 1.31. The molecule has 0 amide bonds. The standard InChI is InChI=1S/C13H20IN/c1-10(2)8-13(15-3)9-11-4-6-12(14)7-5-11/h4-7,10,13,15H,8-9H2,1-3H3. The summed E-state index contributed by atoms with van der Waals surface area (Å²) in [5.74, 6) is 0.756. The van der Waals surface area contributed by atoms with Crippen LogP contribution in [-0.4, -0.2) is 13.1 Å². The van der Waals surface area contributed by atoms with Gasteiger partial charge in [0.15, 0.2) is 0 Å². The first-order valence-electron chi connectivity index (χ1n) is 5.53. The summed E-state index contributed by atoms with van der Waals surface area (Å²) in [6, 6.07) is 9.42. The summed E-state index contributed by atoms with van der Waals surface area (Å²) in [5.41, 5.74) is 1.43. The van der Waals surface area contributed by atoms with E-state index >= 15 is 0 Å². The Hall–Kier alpha value is -0.0900. The van der Waals surface area contributed by atoms with Crippen molar-refractivity contribution in [2.24, 2.45) is 5.92 Å². The summed E-state index contributed by atoms with van der Waals surface area (Å²) >= 11 is 2.34. The van der Waals surface area contributed by atoms with E-state index in [2.05, 4.69) is 73.1 Å². The Bertz CT molecular complexity index is 279. The minimum absolute atomic E-state index is 0.602. The van der Waals surface area contributed by atoms with Crippen LogP contribution in [0.3, 0.4) is 0 Å². The number of hydrogen-bond acceptors (Lipinski definition) is 1. The smallest absolute Gasteiger partial charge is 0.0130 e. The van der Waals surface area contributed by atoms with Gasteiger partial charge in [-0.1, -0.05) is 26.0 Å². The SMILES string of the molecule is CNC(Cc1ccc(I)cc1)CC(C)C. The van der Waals surface area contributed by atoms with Crippen LogP contribution in [0.5, 0.6) is 0 Å². The average molecular weight is 317 g/mol. The maximum Gasteiger partial charge on any atom is 0.0130 e. The normalized spacial score (nSPS) is 13.1. The Balaban J connectivity index is 2.54. The molecule has 0 aliphatic carbocycles. The molecule has 0 saturated carbocycles. The van der Waals surface area contributed by atoms with Crippen molar-refractivity contribution in [2.45, 2.75) is 32.7 Å². The first kappa shape index (κ1) is 13.0. The topological polar surface area (TPSA) is 12.0 Å². The summed E-state index contributed by atoms with van der Waals surface area (Å²) in [6.45, 7) is 4.55. The molecule has 0 fully saturated rings. The van der Waals surface area contributed by atoms with Crippen molar-refractivity contribution in [1.82, 2.24) is 5.32 Å². The van der Waals surface area contributed by atoms with Gasteiger partial charge in [0.2, 0.25) is 0 Å². The number of rotatable bonds is 5. The van der Waals surface area contributed by atoms with Gasteiger partial charge < -0.3 is 5.32 Å². The van der Waals surface area contributed by atoms with Gasteiger partial charge in [-0.2, -0.15) is 0 Å². The zero-order chi connectivity index (χ0) is 11.3. The lowest BCUT2D eigenvalue weighted by atomic mass is 9.97. The van der Waals surface area contributed by atoms with Crippen molar-refractivity contribution in [1.29, 1.82) is 0 Å². The highest BCUT2D eigenvalue weighted by Crippen LogP contribution is 2.12. The van der Waals surface area contributed by atoms with Crippen molar-refractivity contribution in [2.75, 3.05) is 7.05 Å². The zero-order valence-electron chi connectivity index (χ0n) is 9.76. The van der Waals surface area contributed by atoms with Gasteiger partial charge in [0.1, 0.15) is 0 Å². The second kappa shape index (κ2) is 6.48. The minimum Gasteiger partial charge on any atom is -0.317 e. The molecular weight excluding hydrogens is 297 g/mol. The molecule has 1 atom stereocenters. The van der Waals surface area contributed by atoms with Crippen LogP contribution in [0, 0.1) is 9.49 Å². The van der Waals surface area contributed by atoms with Gasteiger partial charge in [-0.3, -0.25) is 0 Å².